The number of para-hydroxylation sites is 4. The second-order valence-corrected chi connectivity index (χ2v) is 20.7. The smallest absolute Gasteiger partial charge is 0.227 e. The van der Waals surface area contributed by atoms with E-state index in [0.29, 0.717) is 11.3 Å². The maximum absolute atomic E-state index is 13.0. The maximum atomic E-state index is 13.0. The lowest BCUT2D eigenvalue weighted by Crippen LogP contribution is -2.16. The SMILES string of the molecule is Cc1cccc2c1c1ccccc1n2-c1c(C#N)c(-n2c3ccccc3c3c(C)cccc32)c(-n2c3ccccc3c3c(C)cccc32)c(-c2cccc3oc4ncccc4c23)c1-n1c2ccccc2c2c(C)cccc21. The normalized spacial score (nSPS) is 12.1. The van der Waals surface area contributed by atoms with Crippen molar-refractivity contribution in [2.24, 2.45) is 0 Å². The number of aryl methyl sites for hydroxylation is 4. The van der Waals surface area contributed by atoms with Gasteiger partial charge in [0.2, 0.25) is 5.71 Å². The van der Waals surface area contributed by atoms with Crippen LogP contribution < -0.4 is 0 Å². The Morgan fingerprint density at radius 2 is 0.701 bits per heavy atom. The summed E-state index contributed by atoms with van der Waals surface area (Å²) in [4.78, 5) is 4.85. The fourth-order valence-corrected chi connectivity index (χ4v) is 13.6. The van der Waals surface area contributed by atoms with E-state index < -0.39 is 0 Å². The molecule has 0 saturated heterocycles. The lowest BCUT2D eigenvalue weighted by molar-refractivity contribution is 0.654. The van der Waals surface area contributed by atoms with Crippen LogP contribution in [0.25, 0.3) is 143 Å². The summed E-state index contributed by atoms with van der Waals surface area (Å²) < 4.78 is 16.6. The number of hydrogen-bond donors (Lipinski definition) is 0. The molecule has 362 valence electrons. The van der Waals surface area contributed by atoms with E-state index >= 15 is 0 Å². The number of hydrogen-bond acceptors (Lipinski definition) is 3. The zero-order valence-electron chi connectivity index (χ0n) is 42.7. The largest absolute Gasteiger partial charge is 0.438 e. The molecule has 0 spiro atoms. The molecule has 16 aromatic rings. The fourth-order valence-electron chi connectivity index (χ4n) is 13.6. The molecule has 0 unspecified atom stereocenters. The Hall–Kier alpha value is -10.2. The van der Waals surface area contributed by atoms with E-state index in [9.17, 15) is 5.26 Å². The number of nitriles is 1. The van der Waals surface area contributed by atoms with Gasteiger partial charge in [-0.25, -0.2) is 4.98 Å². The Labute approximate surface area is 441 Å². The highest BCUT2D eigenvalue weighted by Crippen LogP contribution is 2.54. The van der Waals surface area contributed by atoms with Gasteiger partial charge in [0.1, 0.15) is 17.2 Å². The van der Waals surface area contributed by atoms with Crippen LogP contribution >= 0.6 is 0 Å². The number of benzene rings is 10. The standard InChI is InChI=1S/C70H46N6O/c1-40-19-13-33-55-60(40)44-23-5-9-29-51(44)73(55)66-50(39-71)67(74-52-30-10-6-24-45(52)61-41(2)20-14-34-56(61)74)69(76-54-32-12-8-26-47(54)63-43(4)22-16-36-58(63)76)65(48-27-17-37-59-64(48)49-28-18-38-72-70(49)77-59)68(66)75-53-31-11-7-25-46(53)62-42(3)21-15-35-57(62)75/h5-38H,1-4H3. The summed E-state index contributed by atoms with van der Waals surface area (Å²) in [6.07, 6.45) is 1.80. The molecular weight excluding hydrogens is 941 g/mol. The highest BCUT2D eigenvalue weighted by molar-refractivity contribution is 6.21. The van der Waals surface area contributed by atoms with Crippen LogP contribution in [-0.4, -0.2) is 23.3 Å². The van der Waals surface area contributed by atoms with Crippen molar-refractivity contribution in [1.82, 2.24) is 23.3 Å². The summed E-state index contributed by atoms with van der Waals surface area (Å²) in [7, 11) is 0. The molecule has 7 heteroatoms. The molecule has 0 bridgehead atoms. The zero-order valence-corrected chi connectivity index (χ0v) is 42.7. The molecule has 6 aromatic heterocycles. The number of fused-ring (bicyclic) bond motifs is 15. The molecule has 0 saturated carbocycles. The van der Waals surface area contributed by atoms with Crippen LogP contribution in [0.5, 0.6) is 0 Å². The van der Waals surface area contributed by atoms with Crippen LogP contribution in [0.3, 0.4) is 0 Å². The van der Waals surface area contributed by atoms with Gasteiger partial charge >= 0.3 is 0 Å². The molecule has 0 aliphatic heterocycles. The lowest BCUT2D eigenvalue weighted by Gasteiger charge is -2.29. The van der Waals surface area contributed by atoms with E-state index in [0.717, 1.165) is 160 Å². The summed E-state index contributed by atoms with van der Waals surface area (Å²) >= 11 is 0. The quantitative estimate of drug-likeness (QED) is 0.172. The van der Waals surface area contributed by atoms with Crippen LogP contribution in [0.2, 0.25) is 0 Å². The highest BCUT2D eigenvalue weighted by atomic mass is 16.3. The molecule has 6 heterocycles. The predicted molar refractivity (Wildman–Crippen MR) is 318 cm³/mol. The molecule has 0 aliphatic rings. The maximum Gasteiger partial charge on any atom is 0.227 e. The van der Waals surface area contributed by atoms with Crippen molar-refractivity contribution in [1.29, 1.82) is 5.26 Å². The molecule has 77 heavy (non-hydrogen) atoms. The first kappa shape index (κ1) is 43.3. The summed E-state index contributed by atoms with van der Waals surface area (Å²) in [6, 6.07) is 75.0. The van der Waals surface area contributed by atoms with Crippen molar-refractivity contribution >= 4 is 109 Å². The van der Waals surface area contributed by atoms with E-state index in [-0.39, 0.29) is 0 Å². The number of pyridine rings is 1. The van der Waals surface area contributed by atoms with E-state index in [2.05, 4.69) is 246 Å². The van der Waals surface area contributed by atoms with Gasteiger partial charge in [-0.1, -0.05) is 133 Å². The van der Waals surface area contributed by atoms with Crippen molar-refractivity contribution in [2.75, 3.05) is 0 Å². The van der Waals surface area contributed by atoms with E-state index in [1.54, 1.807) is 6.20 Å². The second kappa shape index (κ2) is 15.9. The van der Waals surface area contributed by atoms with Crippen LogP contribution in [-0.2, 0) is 0 Å². The Kier molecular flexibility index (Phi) is 8.95. The summed E-state index contributed by atoms with van der Waals surface area (Å²) in [5, 5.41) is 23.9. The van der Waals surface area contributed by atoms with Crippen molar-refractivity contribution < 1.29 is 4.42 Å². The minimum absolute atomic E-state index is 0.523. The van der Waals surface area contributed by atoms with Crippen LogP contribution in [0.1, 0.15) is 27.8 Å². The summed E-state index contributed by atoms with van der Waals surface area (Å²) in [5.41, 5.74) is 19.7. The molecule has 0 amide bonds. The number of nitrogens with zero attached hydrogens (tertiary/aromatic N) is 6. The molecule has 10 aromatic carbocycles. The van der Waals surface area contributed by atoms with Crippen molar-refractivity contribution in [3.8, 4) is 39.9 Å². The Morgan fingerprint density at radius 3 is 1.10 bits per heavy atom. The van der Waals surface area contributed by atoms with Gasteiger partial charge in [0.15, 0.2) is 0 Å². The first-order valence-electron chi connectivity index (χ1n) is 26.3. The average molecular weight is 987 g/mol. The van der Waals surface area contributed by atoms with Crippen molar-refractivity contribution in [3.63, 3.8) is 0 Å². The first-order chi connectivity index (χ1) is 37.9. The minimum Gasteiger partial charge on any atom is -0.438 e. The number of aromatic nitrogens is 5. The Balaban J connectivity index is 1.31. The van der Waals surface area contributed by atoms with Gasteiger partial charge in [-0.15, -0.1) is 0 Å². The molecule has 0 atom stereocenters. The predicted octanol–water partition coefficient (Wildman–Crippen LogP) is 18.1. The second-order valence-electron chi connectivity index (χ2n) is 20.7. The van der Waals surface area contributed by atoms with Gasteiger partial charge < -0.3 is 22.7 Å². The lowest BCUT2D eigenvalue weighted by atomic mass is 9.91. The molecule has 0 radical (unpaired) electrons. The third-order valence-electron chi connectivity index (χ3n) is 16.6. The molecule has 0 N–H and O–H groups in total. The first-order valence-corrected chi connectivity index (χ1v) is 26.3. The van der Waals surface area contributed by atoms with Crippen LogP contribution in [0.4, 0.5) is 0 Å². The molecule has 0 fully saturated rings. The average Bonchev–Trinajstić information content (AvgIpc) is 4.39. The molecule has 16 rings (SSSR count). The highest BCUT2D eigenvalue weighted by Gasteiger charge is 2.36. The van der Waals surface area contributed by atoms with Gasteiger partial charge in [0.05, 0.1) is 66.9 Å². The van der Waals surface area contributed by atoms with E-state index in [1.807, 2.05) is 6.07 Å². The fraction of sp³-hybridized carbons (Fsp3) is 0.0571. The van der Waals surface area contributed by atoms with Gasteiger partial charge in [-0.3, -0.25) is 0 Å². The van der Waals surface area contributed by atoms with Crippen molar-refractivity contribution in [2.45, 2.75) is 27.7 Å². The van der Waals surface area contributed by atoms with Gasteiger partial charge in [0, 0.05) is 65.6 Å². The van der Waals surface area contributed by atoms with Gasteiger partial charge in [-0.05, 0) is 122 Å². The minimum atomic E-state index is 0.523. The monoisotopic (exact) mass is 986 g/mol. The van der Waals surface area contributed by atoms with Gasteiger partial charge in [0.25, 0.3) is 0 Å². The number of rotatable bonds is 5. The molecular formula is C70H46N6O. The van der Waals surface area contributed by atoms with Crippen molar-refractivity contribution in [3.05, 3.63) is 234 Å². The third-order valence-corrected chi connectivity index (χ3v) is 16.6. The topological polar surface area (TPSA) is 69.5 Å². The summed E-state index contributed by atoms with van der Waals surface area (Å²) in [5.74, 6) is 0. The van der Waals surface area contributed by atoms with E-state index in [1.165, 1.54) is 0 Å². The zero-order chi connectivity index (χ0) is 51.4. The van der Waals surface area contributed by atoms with Crippen LogP contribution in [0, 0.1) is 39.0 Å². The Morgan fingerprint density at radius 1 is 0.351 bits per heavy atom. The van der Waals surface area contributed by atoms with E-state index in [4.69, 9.17) is 9.40 Å². The Bertz CT molecular complexity index is 5030. The molecule has 7 nitrogen and oxygen atoms in total. The third kappa shape index (κ3) is 5.71. The van der Waals surface area contributed by atoms with Crippen LogP contribution in [0.15, 0.2) is 211 Å². The molecule has 0 aliphatic carbocycles. The summed E-state index contributed by atoms with van der Waals surface area (Å²) in [6.45, 7) is 8.82. The number of furan rings is 1. The van der Waals surface area contributed by atoms with Gasteiger partial charge in [-0.2, -0.15) is 5.26 Å².